The average molecular weight is 315 g/mol. The van der Waals surface area contributed by atoms with Crippen molar-refractivity contribution < 1.29 is 0 Å². The number of halogens is 2. The van der Waals surface area contributed by atoms with Crippen molar-refractivity contribution in [2.45, 2.75) is 9.79 Å². The highest BCUT2D eigenvalue weighted by molar-refractivity contribution is 9.10. The molecule has 0 aliphatic carbocycles. The lowest BCUT2D eigenvalue weighted by Crippen LogP contribution is -1.88. The molecule has 0 aromatic heterocycles. The lowest BCUT2D eigenvalue weighted by atomic mass is 10.3. The van der Waals surface area contributed by atoms with Crippen LogP contribution in [0.4, 0.5) is 5.69 Å². The van der Waals surface area contributed by atoms with Crippen molar-refractivity contribution >= 4 is 45.0 Å². The van der Waals surface area contributed by atoms with Crippen LogP contribution < -0.4 is 5.73 Å². The van der Waals surface area contributed by atoms with Gasteiger partial charge in [0, 0.05) is 15.1 Å². The fourth-order valence-corrected chi connectivity index (χ4v) is 2.67. The standard InChI is InChI=1S/C12H9BrClNS/c13-8-4-6-9(7-5-8)16-12-10(14)2-1-3-11(12)15/h1-7H,15H2. The number of rotatable bonds is 2. The molecule has 0 atom stereocenters. The zero-order valence-corrected chi connectivity index (χ0v) is 11.4. The molecule has 0 heterocycles. The van der Waals surface area contributed by atoms with Crippen LogP contribution in [0.25, 0.3) is 0 Å². The Morgan fingerprint density at radius 2 is 1.75 bits per heavy atom. The minimum absolute atomic E-state index is 0.688. The van der Waals surface area contributed by atoms with Crippen LogP contribution in [0.15, 0.2) is 56.7 Å². The molecule has 2 aromatic carbocycles. The molecule has 0 spiro atoms. The molecule has 0 amide bonds. The molecule has 0 aliphatic heterocycles. The molecule has 0 saturated heterocycles. The lowest BCUT2D eigenvalue weighted by molar-refractivity contribution is 1.40. The van der Waals surface area contributed by atoms with Crippen LogP contribution in [0.1, 0.15) is 0 Å². The second-order valence-electron chi connectivity index (χ2n) is 3.21. The summed E-state index contributed by atoms with van der Waals surface area (Å²) in [7, 11) is 0. The van der Waals surface area contributed by atoms with Gasteiger partial charge in [-0.1, -0.05) is 45.4 Å². The van der Waals surface area contributed by atoms with Crippen LogP contribution >= 0.6 is 39.3 Å². The first-order valence-electron chi connectivity index (χ1n) is 4.64. The molecule has 82 valence electrons. The molecule has 0 unspecified atom stereocenters. The zero-order valence-electron chi connectivity index (χ0n) is 8.28. The van der Waals surface area contributed by atoms with E-state index in [0.717, 1.165) is 14.3 Å². The Kier molecular flexibility index (Phi) is 3.79. The van der Waals surface area contributed by atoms with Crippen LogP contribution in [0.3, 0.4) is 0 Å². The second kappa shape index (κ2) is 5.13. The summed E-state index contributed by atoms with van der Waals surface area (Å²) in [6.07, 6.45) is 0. The highest BCUT2D eigenvalue weighted by Crippen LogP contribution is 2.37. The fourth-order valence-electron chi connectivity index (χ4n) is 1.25. The van der Waals surface area contributed by atoms with Crippen LogP contribution in [0.2, 0.25) is 5.02 Å². The van der Waals surface area contributed by atoms with Crippen molar-refractivity contribution in [1.82, 2.24) is 0 Å². The van der Waals surface area contributed by atoms with E-state index >= 15 is 0 Å². The third kappa shape index (κ3) is 2.73. The summed E-state index contributed by atoms with van der Waals surface area (Å²) in [5, 5.41) is 0.688. The lowest BCUT2D eigenvalue weighted by Gasteiger charge is -2.07. The minimum atomic E-state index is 0.688. The van der Waals surface area contributed by atoms with Gasteiger partial charge in [-0.25, -0.2) is 0 Å². The number of benzene rings is 2. The van der Waals surface area contributed by atoms with Crippen molar-refractivity contribution in [3.63, 3.8) is 0 Å². The average Bonchev–Trinajstić information content (AvgIpc) is 2.26. The van der Waals surface area contributed by atoms with Gasteiger partial charge >= 0.3 is 0 Å². The highest BCUT2D eigenvalue weighted by atomic mass is 79.9. The van der Waals surface area contributed by atoms with E-state index < -0.39 is 0 Å². The smallest absolute Gasteiger partial charge is 0.0566 e. The maximum absolute atomic E-state index is 6.10. The van der Waals surface area contributed by atoms with E-state index in [4.69, 9.17) is 17.3 Å². The van der Waals surface area contributed by atoms with Gasteiger partial charge < -0.3 is 5.73 Å². The molecular formula is C12H9BrClNS. The molecule has 0 saturated carbocycles. The van der Waals surface area contributed by atoms with Gasteiger partial charge in [-0.15, -0.1) is 0 Å². The molecule has 2 N–H and O–H groups in total. The normalized spacial score (nSPS) is 10.4. The Hall–Kier alpha value is -0.640. The summed E-state index contributed by atoms with van der Waals surface area (Å²) in [4.78, 5) is 2.02. The summed E-state index contributed by atoms with van der Waals surface area (Å²) in [6.45, 7) is 0. The third-order valence-electron chi connectivity index (χ3n) is 2.03. The minimum Gasteiger partial charge on any atom is -0.398 e. The molecular weight excluding hydrogens is 306 g/mol. The quantitative estimate of drug-likeness (QED) is 0.803. The summed E-state index contributed by atoms with van der Waals surface area (Å²) in [5.74, 6) is 0. The third-order valence-corrected chi connectivity index (χ3v) is 4.15. The summed E-state index contributed by atoms with van der Waals surface area (Å²) >= 11 is 11.1. The summed E-state index contributed by atoms with van der Waals surface area (Å²) in [5.41, 5.74) is 6.59. The maximum Gasteiger partial charge on any atom is 0.0566 e. The predicted molar refractivity (Wildman–Crippen MR) is 74.1 cm³/mol. The van der Waals surface area contributed by atoms with Gasteiger partial charge in [0.2, 0.25) is 0 Å². The number of anilines is 1. The van der Waals surface area contributed by atoms with Gasteiger partial charge in [-0.05, 0) is 36.4 Å². The molecule has 2 aromatic rings. The van der Waals surface area contributed by atoms with E-state index in [2.05, 4.69) is 15.9 Å². The van der Waals surface area contributed by atoms with Crippen LogP contribution in [0, 0.1) is 0 Å². The number of nitrogens with two attached hydrogens (primary N) is 1. The van der Waals surface area contributed by atoms with Crippen LogP contribution in [-0.4, -0.2) is 0 Å². The summed E-state index contributed by atoms with van der Waals surface area (Å²) in [6, 6.07) is 13.6. The Bertz CT molecular complexity index is 479. The van der Waals surface area contributed by atoms with Crippen molar-refractivity contribution in [3.05, 3.63) is 52.0 Å². The summed E-state index contributed by atoms with van der Waals surface area (Å²) < 4.78 is 1.06. The van der Waals surface area contributed by atoms with E-state index in [1.165, 1.54) is 0 Å². The second-order valence-corrected chi connectivity index (χ2v) is 5.62. The Morgan fingerprint density at radius 1 is 1.06 bits per heavy atom. The fraction of sp³-hybridized carbons (Fsp3) is 0. The maximum atomic E-state index is 6.10. The van der Waals surface area contributed by atoms with Crippen molar-refractivity contribution in [2.75, 3.05) is 5.73 Å². The monoisotopic (exact) mass is 313 g/mol. The van der Waals surface area contributed by atoms with E-state index in [1.54, 1.807) is 11.8 Å². The van der Waals surface area contributed by atoms with E-state index in [9.17, 15) is 0 Å². The first-order valence-corrected chi connectivity index (χ1v) is 6.63. The topological polar surface area (TPSA) is 26.0 Å². The van der Waals surface area contributed by atoms with Gasteiger partial charge in [0.25, 0.3) is 0 Å². The van der Waals surface area contributed by atoms with Gasteiger partial charge in [-0.2, -0.15) is 0 Å². The molecule has 4 heteroatoms. The molecule has 0 aliphatic rings. The molecule has 0 bridgehead atoms. The molecule has 16 heavy (non-hydrogen) atoms. The van der Waals surface area contributed by atoms with Crippen molar-refractivity contribution in [1.29, 1.82) is 0 Å². The molecule has 0 fully saturated rings. The van der Waals surface area contributed by atoms with E-state index in [-0.39, 0.29) is 0 Å². The van der Waals surface area contributed by atoms with Crippen molar-refractivity contribution in [2.24, 2.45) is 0 Å². The predicted octanol–water partition coefficient (Wildman–Crippen LogP) is 4.84. The van der Waals surface area contributed by atoms with Gasteiger partial charge in [0.1, 0.15) is 0 Å². The van der Waals surface area contributed by atoms with E-state index in [1.807, 2.05) is 42.5 Å². The highest BCUT2D eigenvalue weighted by Gasteiger charge is 2.06. The van der Waals surface area contributed by atoms with Crippen LogP contribution in [-0.2, 0) is 0 Å². The number of hydrogen-bond acceptors (Lipinski definition) is 2. The Balaban J connectivity index is 2.30. The van der Waals surface area contributed by atoms with Gasteiger partial charge in [-0.3, -0.25) is 0 Å². The molecule has 1 nitrogen and oxygen atoms in total. The Labute approximate surface area is 112 Å². The first kappa shape index (κ1) is 11.8. The molecule has 2 rings (SSSR count). The largest absolute Gasteiger partial charge is 0.398 e. The van der Waals surface area contributed by atoms with Crippen LogP contribution in [0.5, 0.6) is 0 Å². The first-order chi connectivity index (χ1) is 7.66. The van der Waals surface area contributed by atoms with Gasteiger partial charge in [0.05, 0.1) is 9.92 Å². The SMILES string of the molecule is Nc1cccc(Cl)c1Sc1ccc(Br)cc1. The molecule has 0 radical (unpaired) electrons. The van der Waals surface area contributed by atoms with E-state index in [0.29, 0.717) is 10.7 Å². The van der Waals surface area contributed by atoms with Crippen molar-refractivity contribution in [3.8, 4) is 0 Å². The van der Waals surface area contributed by atoms with Gasteiger partial charge in [0.15, 0.2) is 0 Å². The number of nitrogen functional groups attached to an aromatic ring is 1. The number of hydrogen-bond donors (Lipinski definition) is 1. The zero-order chi connectivity index (χ0) is 11.5. The Morgan fingerprint density at radius 3 is 2.38 bits per heavy atom.